The lowest BCUT2D eigenvalue weighted by atomic mass is 9.89. The molecule has 1 saturated carbocycles. The molecular formula is C13H18N2O3. The maximum atomic E-state index is 10.8. The number of aromatic nitrogens is 1. The van der Waals surface area contributed by atoms with E-state index >= 15 is 0 Å². The van der Waals surface area contributed by atoms with Gasteiger partial charge in [-0.25, -0.2) is 9.78 Å². The number of carbonyl (C=O) groups is 1. The van der Waals surface area contributed by atoms with Crippen LogP contribution in [0.3, 0.4) is 0 Å². The highest BCUT2D eigenvalue weighted by Crippen LogP contribution is 2.29. The van der Waals surface area contributed by atoms with E-state index in [1.807, 2.05) is 0 Å². The molecule has 1 aliphatic rings. The molecule has 0 saturated heterocycles. The standard InChI is InChI=1S/C13H18N2O3/c1-8-3-2-4-9(7-8)18-12-10(14)5-6-11(15-12)13(16)17/h5-6,8-9H,2-4,7,14H2,1H3,(H,16,17). The third kappa shape index (κ3) is 2.91. The first-order chi connectivity index (χ1) is 8.56. The Bertz CT molecular complexity index is 448. The number of hydrogen-bond donors (Lipinski definition) is 2. The summed E-state index contributed by atoms with van der Waals surface area (Å²) in [6, 6.07) is 2.91. The Morgan fingerprint density at radius 2 is 2.28 bits per heavy atom. The van der Waals surface area contributed by atoms with Gasteiger partial charge in [-0.3, -0.25) is 0 Å². The van der Waals surface area contributed by atoms with Crippen molar-refractivity contribution in [2.24, 2.45) is 5.92 Å². The van der Waals surface area contributed by atoms with E-state index < -0.39 is 5.97 Å². The Morgan fingerprint density at radius 1 is 1.50 bits per heavy atom. The summed E-state index contributed by atoms with van der Waals surface area (Å²) in [5.74, 6) is -0.196. The molecular weight excluding hydrogens is 232 g/mol. The summed E-state index contributed by atoms with van der Waals surface area (Å²) in [7, 11) is 0. The number of rotatable bonds is 3. The number of nitrogen functional groups attached to an aromatic ring is 1. The highest BCUT2D eigenvalue weighted by atomic mass is 16.5. The van der Waals surface area contributed by atoms with E-state index in [0.717, 1.165) is 19.3 Å². The van der Waals surface area contributed by atoms with Crippen molar-refractivity contribution in [3.63, 3.8) is 0 Å². The lowest BCUT2D eigenvalue weighted by Gasteiger charge is -2.27. The lowest BCUT2D eigenvalue weighted by molar-refractivity contribution is 0.0686. The molecule has 98 valence electrons. The second-order valence-electron chi connectivity index (χ2n) is 4.91. The zero-order valence-electron chi connectivity index (χ0n) is 10.4. The molecule has 1 aliphatic carbocycles. The maximum absolute atomic E-state index is 10.8. The summed E-state index contributed by atoms with van der Waals surface area (Å²) in [6.45, 7) is 2.19. The number of hydrogen-bond acceptors (Lipinski definition) is 4. The van der Waals surface area contributed by atoms with Crippen LogP contribution in [0.15, 0.2) is 12.1 Å². The SMILES string of the molecule is CC1CCCC(Oc2nc(C(=O)O)ccc2N)C1. The second-order valence-corrected chi connectivity index (χ2v) is 4.91. The van der Waals surface area contributed by atoms with E-state index in [0.29, 0.717) is 11.6 Å². The lowest BCUT2D eigenvalue weighted by Crippen LogP contribution is -2.25. The van der Waals surface area contributed by atoms with Crippen molar-refractivity contribution in [1.82, 2.24) is 4.98 Å². The number of anilines is 1. The van der Waals surface area contributed by atoms with Gasteiger partial charge >= 0.3 is 5.97 Å². The van der Waals surface area contributed by atoms with Gasteiger partial charge < -0.3 is 15.6 Å². The Morgan fingerprint density at radius 3 is 2.94 bits per heavy atom. The molecule has 0 aliphatic heterocycles. The first-order valence-corrected chi connectivity index (χ1v) is 6.22. The van der Waals surface area contributed by atoms with Gasteiger partial charge in [0.05, 0.1) is 5.69 Å². The van der Waals surface area contributed by atoms with E-state index in [2.05, 4.69) is 11.9 Å². The van der Waals surface area contributed by atoms with Gasteiger partial charge in [-0.1, -0.05) is 13.3 Å². The molecule has 0 radical (unpaired) electrons. The van der Waals surface area contributed by atoms with Gasteiger partial charge in [0.2, 0.25) is 5.88 Å². The molecule has 1 heterocycles. The van der Waals surface area contributed by atoms with Crippen LogP contribution < -0.4 is 10.5 Å². The fourth-order valence-corrected chi connectivity index (χ4v) is 2.31. The Hall–Kier alpha value is -1.78. The normalized spacial score (nSPS) is 23.6. The minimum absolute atomic E-state index is 0.0388. The highest BCUT2D eigenvalue weighted by Gasteiger charge is 2.22. The highest BCUT2D eigenvalue weighted by molar-refractivity contribution is 5.86. The van der Waals surface area contributed by atoms with E-state index in [9.17, 15) is 4.79 Å². The van der Waals surface area contributed by atoms with Gasteiger partial charge in [-0.05, 0) is 37.3 Å². The Labute approximate surface area is 106 Å². The minimum atomic E-state index is -1.07. The number of ether oxygens (including phenoxy) is 1. The predicted octanol–water partition coefficient (Wildman–Crippen LogP) is 2.32. The van der Waals surface area contributed by atoms with Crippen LogP contribution >= 0.6 is 0 Å². The van der Waals surface area contributed by atoms with Crippen molar-refractivity contribution < 1.29 is 14.6 Å². The van der Waals surface area contributed by atoms with Gasteiger partial charge in [-0.2, -0.15) is 0 Å². The average molecular weight is 250 g/mol. The van der Waals surface area contributed by atoms with Crippen LogP contribution in [0.1, 0.15) is 43.1 Å². The molecule has 0 bridgehead atoms. The molecule has 1 aromatic rings. The zero-order chi connectivity index (χ0) is 13.1. The number of aromatic carboxylic acids is 1. The molecule has 2 rings (SSSR count). The fourth-order valence-electron chi connectivity index (χ4n) is 2.31. The molecule has 5 nitrogen and oxygen atoms in total. The third-order valence-corrected chi connectivity index (χ3v) is 3.28. The van der Waals surface area contributed by atoms with Gasteiger partial charge in [0.15, 0.2) is 5.69 Å². The molecule has 5 heteroatoms. The van der Waals surface area contributed by atoms with Gasteiger partial charge in [0.25, 0.3) is 0 Å². The fraction of sp³-hybridized carbons (Fsp3) is 0.538. The quantitative estimate of drug-likeness (QED) is 0.859. The molecule has 3 N–H and O–H groups in total. The summed E-state index contributed by atoms with van der Waals surface area (Å²) in [6.07, 6.45) is 4.39. The first-order valence-electron chi connectivity index (χ1n) is 6.22. The smallest absolute Gasteiger partial charge is 0.354 e. The van der Waals surface area contributed by atoms with Crippen LogP contribution in [-0.4, -0.2) is 22.2 Å². The van der Waals surface area contributed by atoms with E-state index in [1.54, 1.807) is 0 Å². The predicted molar refractivity (Wildman–Crippen MR) is 67.7 cm³/mol. The van der Waals surface area contributed by atoms with Crippen molar-refractivity contribution in [2.75, 3.05) is 5.73 Å². The van der Waals surface area contributed by atoms with Crippen LogP contribution in [0, 0.1) is 5.92 Å². The minimum Gasteiger partial charge on any atom is -0.477 e. The zero-order valence-corrected chi connectivity index (χ0v) is 10.4. The van der Waals surface area contributed by atoms with Crippen molar-refractivity contribution in [3.8, 4) is 5.88 Å². The molecule has 0 aromatic carbocycles. The van der Waals surface area contributed by atoms with Crippen molar-refractivity contribution in [1.29, 1.82) is 0 Å². The third-order valence-electron chi connectivity index (χ3n) is 3.28. The maximum Gasteiger partial charge on any atom is 0.354 e. The summed E-state index contributed by atoms with van der Waals surface area (Å²) >= 11 is 0. The number of nitrogens with zero attached hydrogens (tertiary/aromatic N) is 1. The summed E-state index contributed by atoms with van der Waals surface area (Å²) in [5, 5.41) is 8.89. The molecule has 1 fully saturated rings. The average Bonchev–Trinajstić information content (AvgIpc) is 2.31. The number of pyridine rings is 1. The monoisotopic (exact) mass is 250 g/mol. The summed E-state index contributed by atoms with van der Waals surface area (Å²) < 4.78 is 5.75. The van der Waals surface area contributed by atoms with Crippen LogP contribution in [0.2, 0.25) is 0 Å². The number of nitrogens with two attached hydrogens (primary N) is 1. The molecule has 2 unspecified atom stereocenters. The van der Waals surface area contributed by atoms with Gasteiger partial charge in [-0.15, -0.1) is 0 Å². The molecule has 18 heavy (non-hydrogen) atoms. The summed E-state index contributed by atoms with van der Waals surface area (Å²) in [4.78, 5) is 14.8. The van der Waals surface area contributed by atoms with Crippen molar-refractivity contribution in [2.45, 2.75) is 38.7 Å². The van der Waals surface area contributed by atoms with Crippen LogP contribution in [0.25, 0.3) is 0 Å². The van der Waals surface area contributed by atoms with Crippen LogP contribution in [-0.2, 0) is 0 Å². The molecule has 2 atom stereocenters. The topological polar surface area (TPSA) is 85.4 Å². The van der Waals surface area contributed by atoms with Gasteiger partial charge in [0.1, 0.15) is 6.10 Å². The van der Waals surface area contributed by atoms with Crippen molar-refractivity contribution >= 4 is 11.7 Å². The Kier molecular flexibility index (Phi) is 3.69. The van der Waals surface area contributed by atoms with Crippen LogP contribution in [0.5, 0.6) is 5.88 Å². The molecule has 1 aromatic heterocycles. The van der Waals surface area contributed by atoms with E-state index in [4.69, 9.17) is 15.6 Å². The summed E-state index contributed by atoms with van der Waals surface area (Å²) in [5.41, 5.74) is 6.11. The van der Waals surface area contributed by atoms with Crippen molar-refractivity contribution in [3.05, 3.63) is 17.8 Å². The second kappa shape index (κ2) is 5.25. The molecule has 0 spiro atoms. The first kappa shape index (κ1) is 12.7. The Balaban J connectivity index is 2.12. The van der Waals surface area contributed by atoms with E-state index in [-0.39, 0.29) is 17.7 Å². The largest absolute Gasteiger partial charge is 0.477 e. The molecule has 0 amide bonds. The number of carboxylic acids is 1. The van der Waals surface area contributed by atoms with E-state index in [1.165, 1.54) is 18.6 Å². The number of carboxylic acid groups (broad SMARTS) is 1. The van der Waals surface area contributed by atoms with Crippen LogP contribution in [0.4, 0.5) is 5.69 Å². The van der Waals surface area contributed by atoms with Gasteiger partial charge in [0, 0.05) is 0 Å².